The van der Waals surface area contributed by atoms with Gasteiger partial charge in [-0.3, -0.25) is 9.78 Å². The fourth-order valence-electron chi connectivity index (χ4n) is 2.09. The van der Waals surface area contributed by atoms with Gasteiger partial charge in [0.2, 0.25) is 0 Å². The summed E-state index contributed by atoms with van der Waals surface area (Å²) in [6, 6.07) is 13.2. The number of rotatable bonds is 8. The van der Waals surface area contributed by atoms with Crippen LogP contribution in [-0.2, 0) is 18.0 Å². The molecule has 0 radical (unpaired) electrons. The second-order valence-corrected chi connectivity index (χ2v) is 5.51. The molecule has 0 aliphatic carbocycles. The van der Waals surface area contributed by atoms with Crippen LogP contribution in [0.1, 0.15) is 28.5 Å². The molecule has 0 bridgehead atoms. The molecule has 23 heavy (non-hydrogen) atoms. The van der Waals surface area contributed by atoms with Crippen LogP contribution in [0.5, 0.6) is 0 Å². The van der Waals surface area contributed by atoms with Crippen LogP contribution in [0.15, 0.2) is 48.7 Å². The first kappa shape index (κ1) is 17.1. The lowest BCUT2D eigenvalue weighted by atomic mass is 10.1. The minimum Gasteiger partial charge on any atom is -0.390 e. The van der Waals surface area contributed by atoms with Crippen LogP contribution in [0.3, 0.4) is 0 Å². The van der Waals surface area contributed by atoms with Crippen molar-refractivity contribution in [2.24, 2.45) is 5.92 Å². The van der Waals surface area contributed by atoms with Crippen LogP contribution in [0.25, 0.3) is 0 Å². The fourth-order valence-corrected chi connectivity index (χ4v) is 2.09. The van der Waals surface area contributed by atoms with Gasteiger partial charge in [0.15, 0.2) is 0 Å². The highest BCUT2D eigenvalue weighted by Crippen LogP contribution is 2.04. The van der Waals surface area contributed by atoms with Gasteiger partial charge in [0.25, 0.3) is 5.91 Å². The summed E-state index contributed by atoms with van der Waals surface area (Å²) in [6.07, 6.45) is 1.52. The number of amides is 1. The van der Waals surface area contributed by atoms with E-state index < -0.39 is 0 Å². The number of carbonyl (C=O) groups is 1. The van der Waals surface area contributed by atoms with E-state index in [4.69, 9.17) is 9.84 Å². The number of aliphatic hydroxyl groups is 1. The number of hydrogen-bond acceptors (Lipinski definition) is 4. The first-order valence-corrected chi connectivity index (χ1v) is 7.64. The van der Waals surface area contributed by atoms with E-state index in [0.29, 0.717) is 31.0 Å². The first-order valence-electron chi connectivity index (χ1n) is 7.64. The van der Waals surface area contributed by atoms with E-state index in [1.807, 2.05) is 37.3 Å². The molecule has 1 amide bonds. The summed E-state index contributed by atoms with van der Waals surface area (Å²) in [5.41, 5.74) is 2.12. The number of aromatic nitrogens is 1. The predicted octanol–water partition coefficient (Wildman–Crippen LogP) is 2.16. The van der Waals surface area contributed by atoms with Crippen LogP contribution in [-0.4, -0.2) is 29.1 Å². The van der Waals surface area contributed by atoms with E-state index in [-0.39, 0.29) is 18.4 Å². The molecular weight excluding hydrogens is 292 g/mol. The van der Waals surface area contributed by atoms with Gasteiger partial charge < -0.3 is 15.2 Å². The number of pyridine rings is 1. The number of aliphatic hydroxyl groups excluding tert-OH is 1. The molecule has 2 rings (SSSR count). The molecule has 0 spiro atoms. The average Bonchev–Trinajstić information content (AvgIpc) is 2.60. The van der Waals surface area contributed by atoms with E-state index in [2.05, 4.69) is 10.3 Å². The van der Waals surface area contributed by atoms with Gasteiger partial charge in [-0.15, -0.1) is 0 Å². The molecule has 1 unspecified atom stereocenters. The zero-order valence-corrected chi connectivity index (χ0v) is 13.2. The second kappa shape index (κ2) is 9.02. The summed E-state index contributed by atoms with van der Waals surface area (Å²) >= 11 is 0. The number of hydrogen-bond donors (Lipinski definition) is 2. The molecule has 0 aliphatic rings. The highest BCUT2D eigenvalue weighted by atomic mass is 16.5. The van der Waals surface area contributed by atoms with Crippen molar-refractivity contribution in [3.05, 3.63) is 65.5 Å². The Morgan fingerprint density at radius 3 is 2.83 bits per heavy atom. The van der Waals surface area contributed by atoms with E-state index >= 15 is 0 Å². The molecule has 1 heterocycles. The van der Waals surface area contributed by atoms with Gasteiger partial charge in [0, 0.05) is 18.3 Å². The van der Waals surface area contributed by atoms with Crippen molar-refractivity contribution in [1.82, 2.24) is 10.3 Å². The van der Waals surface area contributed by atoms with Crippen LogP contribution in [0.2, 0.25) is 0 Å². The minimum absolute atomic E-state index is 0.169. The Balaban J connectivity index is 1.71. The molecule has 5 nitrogen and oxygen atoms in total. The topological polar surface area (TPSA) is 71.5 Å². The number of ether oxygens (including phenoxy) is 1. The predicted molar refractivity (Wildman–Crippen MR) is 87.8 cm³/mol. The third-order valence-corrected chi connectivity index (χ3v) is 3.37. The molecule has 0 fully saturated rings. The molecule has 0 saturated heterocycles. The maximum atomic E-state index is 12.1. The van der Waals surface area contributed by atoms with Gasteiger partial charge in [-0.1, -0.05) is 37.3 Å². The number of nitrogens with one attached hydrogen (secondary N) is 1. The molecule has 122 valence electrons. The quantitative estimate of drug-likeness (QED) is 0.783. The Morgan fingerprint density at radius 2 is 2.09 bits per heavy atom. The largest absolute Gasteiger partial charge is 0.390 e. The number of carbonyl (C=O) groups excluding carboxylic acids is 1. The maximum absolute atomic E-state index is 12.1. The summed E-state index contributed by atoms with van der Waals surface area (Å²) in [5.74, 6) is 0.0406. The lowest BCUT2D eigenvalue weighted by molar-refractivity contribution is 0.0843. The Labute approximate surface area is 136 Å². The van der Waals surface area contributed by atoms with Crippen molar-refractivity contribution >= 4 is 5.91 Å². The van der Waals surface area contributed by atoms with Gasteiger partial charge in [-0.2, -0.15) is 0 Å². The Kier molecular flexibility index (Phi) is 6.72. The molecule has 2 aromatic rings. The van der Waals surface area contributed by atoms with Crippen LogP contribution in [0, 0.1) is 5.92 Å². The van der Waals surface area contributed by atoms with Gasteiger partial charge in [-0.05, 0) is 23.6 Å². The summed E-state index contributed by atoms with van der Waals surface area (Å²) in [5, 5.41) is 11.9. The monoisotopic (exact) mass is 314 g/mol. The van der Waals surface area contributed by atoms with Gasteiger partial charge >= 0.3 is 0 Å². The third-order valence-electron chi connectivity index (χ3n) is 3.37. The average molecular weight is 314 g/mol. The number of nitrogens with zero attached hydrogens (tertiary/aromatic N) is 1. The lowest BCUT2D eigenvalue weighted by Crippen LogP contribution is -2.30. The van der Waals surface area contributed by atoms with Crippen LogP contribution >= 0.6 is 0 Å². The maximum Gasteiger partial charge on any atom is 0.251 e. The smallest absolute Gasteiger partial charge is 0.251 e. The molecular formula is C18H22N2O3. The van der Waals surface area contributed by atoms with Gasteiger partial charge in [-0.25, -0.2) is 0 Å². The van der Waals surface area contributed by atoms with Crippen LogP contribution < -0.4 is 5.32 Å². The zero-order valence-electron chi connectivity index (χ0n) is 13.2. The van der Waals surface area contributed by atoms with E-state index in [1.165, 1.54) is 6.20 Å². The molecule has 5 heteroatoms. The third kappa shape index (κ3) is 5.81. The molecule has 2 N–H and O–H groups in total. The Hall–Kier alpha value is -2.24. The highest BCUT2D eigenvalue weighted by molar-refractivity contribution is 5.94. The van der Waals surface area contributed by atoms with Crippen molar-refractivity contribution in [2.75, 3.05) is 13.2 Å². The van der Waals surface area contributed by atoms with E-state index in [9.17, 15) is 4.79 Å². The van der Waals surface area contributed by atoms with Crippen LogP contribution in [0.4, 0.5) is 0 Å². The minimum atomic E-state index is -0.176. The van der Waals surface area contributed by atoms with Gasteiger partial charge in [0.1, 0.15) is 0 Å². The molecule has 0 aliphatic heterocycles. The van der Waals surface area contributed by atoms with E-state index in [1.54, 1.807) is 12.1 Å². The molecule has 0 saturated carbocycles. The first-order chi connectivity index (χ1) is 11.2. The summed E-state index contributed by atoms with van der Waals surface area (Å²) < 4.78 is 5.66. The second-order valence-electron chi connectivity index (χ2n) is 5.51. The molecule has 1 aromatic carbocycles. The Bertz CT molecular complexity index is 617. The lowest BCUT2D eigenvalue weighted by Gasteiger charge is -2.13. The Morgan fingerprint density at radius 1 is 1.30 bits per heavy atom. The highest BCUT2D eigenvalue weighted by Gasteiger charge is 2.09. The van der Waals surface area contributed by atoms with Crippen molar-refractivity contribution < 1.29 is 14.6 Å². The SMILES string of the molecule is CC(CNC(=O)c1ccnc(CO)c1)COCc1ccccc1. The van der Waals surface area contributed by atoms with Crippen molar-refractivity contribution in [3.63, 3.8) is 0 Å². The fraction of sp³-hybridized carbons (Fsp3) is 0.333. The van der Waals surface area contributed by atoms with Crippen molar-refractivity contribution in [3.8, 4) is 0 Å². The van der Waals surface area contributed by atoms with Crippen molar-refractivity contribution in [2.45, 2.75) is 20.1 Å². The zero-order chi connectivity index (χ0) is 16.5. The van der Waals surface area contributed by atoms with Crippen molar-refractivity contribution in [1.29, 1.82) is 0 Å². The number of benzene rings is 1. The van der Waals surface area contributed by atoms with Gasteiger partial charge in [0.05, 0.1) is 25.5 Å². The standard InChI is InChI=1S/C18H22N2O3/c1-14(12-23-13-15-5-3-2-4-6-15)10-20-18(22)16-7-8-19-17(9-16)11-21/h2-9,14,21H,10-13H2,1H3,(H,20,22). The summed E-state index contributed by atoms with van der Waals surface area (Å²) in [4.78, 5) is 16.0. The summed E-state index contributed by atoms with van der Waals surface area (Å²) in [7, 11) is 0. The molecule has 1 aromatic heterocycles. The normalized spacial score (nSPS) is 11.9. The molecule has 1 atom stereocenters. The van der Waals surface area contributed by atoms with E-state index in [0.717, 1.165) is 5.56 Å². The summed E-state index contributed by atoms with van der Waals surface area (Å²) in [6.45, 7) is 3.53.